The zero-order valence-corrected chi connectivity index (χ0v) is 13.9. The molecule has 24 heavy (non-hydrogen) atoms. The topological polar surface area (TPSA) is 59.8 Å². The molecule has 130 valence electrons. The minimum Gasteiger partial charge on any atom is -0.351 e. The van der Waals surface area contributed by atoms with Crippen LogP contribution in [-0.4, -0.2) is 27.0 Å². The summed E-state index contributed by atoms with van der Waals surface area (Å²) in [7, 11) is 0. The summed E-state index contributed by atoms with van der Waals surface area (Å²) in [5.41, 5.74) is 1.57. The molecular weight excluding hydrogens is 341 g/mol. The lowest BCUT2D eigenvalue weighted by atomic mass is 9.99. The molecule has 9 heteroatoms. The molecule has 0 saturated carbocycles. The van der Waals surface area contributed by atoms with E-state index in [1.165, 1.54) is 11.3 Å². The van der Waals surface area contributed by atoms with Crippen LogP contribution in [0.15, 0.2) is 11.7 Å². The van der Waals surface area contributed by atoms with Crippen molar-refractivity contribution in [3.63, 3.8) is 0 Å². The Morgan fingerprint density at radius 3 is 3.00 bits per heavy atom. The number of nitrogens with one attached hydrogen (secondary N) is 1. The summed E-state index contributed by atoms with van der Waals surface area (Å²) in [6.45, 7) is 2.80. The number of amides is 1. The number of fused-ring (bicyclic) bond motifs is 1. The van der Waals surface area contributed by atoms with E-state index in [1.807, 2.05) is 6.92 Å². The third-order valence-corrected chi connectivity index (χ3v) is 4.98. The average molecular weight is 358 g/mol. The summed E-state index contributed by atoms with van der Waals surface area (Å²) in [5, 5.41) is 2.87. The maximum absolute atomic E-state index is 12.7. The number of halogens is 3. The number of hydrogen-bond donors (Lipinski definition) is 1. The van der Waals surface area contributed by atoms with Gasteiger partial charge in [-0.05, 0) is 18.8 Å². The van der Waals surface area contributed by atoms with Gasteiger partial charge in [-0.25, -0.2) is 9.97 Å². The summed E-state index contributed by atoms with van der Waals surface area (Å²) in [6.07, 6.45) is -1.48. The number of hydrogen-bond acceptors (Lipinski definition) is 4. The maximum Gasteiger partial charge on any atom is 0.434 e. The van der Waals surface area contributed by atoms with Gasteiger partial charge in [0.05, 0.1) is 11.2 Å². The van der Waals surface area contributed by atoms with E-state index >= 15 is 0 Å². The third-order valence-electron chi connectivity index (χ3n) is 4.11. The Morgan fingerprint density at radius 2 is 2.29 bits per heavy atom. The third kappa shape index (κ3) is 3.45. The van der Waals surface area contributed by atoms with Crippen LogP contribution in [-0.2, 0) is 25.6 Å². The number of rotatable bonds is 4. The molecular formula is C15H17F3N4OS. The quantitative estimate of drug-likeness (QED) is 0.914. The van der Waals surface area contributed by atoms with Gasteiger partial charge in [0.2, 0.25) is 0 Å². The lowest BCUT2D eigenvalue weighted by molar-refractivity contribution is -0.141. The molecule has 3 heterocycles. The molecule has 0 bridgehead atoms. The highest BCUT2D eigenvalue weighted by Gasteiger charge is 2.35. The van der Waals surface area contributed by atoms with Gasteiger partial charge < -0.3 is 9.88 Å². The van der Waals surface area contributed by atoms with Crippen LogP contribution in [0.4, 0.5) is 13.2 Å². The largest absolute Gasteiger partial charge is 0.434 e. The highest BCUT2D eigenvalue weighted by molar-refractivity contribution is 7.11. The van der Waals surface area contributed by atoms with E-state index in [4.69, 9.17) is 0 Å². The molecule has 1 N–H and O–H groups in total. The SMILES string of the molecule is CCc1ncsc1C(=O)NC[C@H]1CCc2nc(C(F)(F)F)cn2C1. The van der Waals surface area contributed by atoms with Crippen LogP contribution in [0.1, 0.15) is 40.2 Å². The highest BCUT2D eigenvalue weighted by Crippen LogP contribution is 2.30. The standard InChI is InChI=1S/C15H17F3N4OS/c1-2-10-13(24-8-20-10)14(23)19-5-9-3-4-12-21-11(15(16,17)18)7-22(12)6-9/h7-9H,2-6H2,1H3,(H,19,23)/t9-/m1/s1. The number of nitrogens with zero attached hydrogens (tertiary/aromatic N) is 3. The molecule has 1 aliphatic rings. The van der Waals surface area contributed by atoms with Crippen molar-refractivity contribution >= 4 is 17.2 Å². The van der Waals surface area contributed by atoms with Crippen molar-refractivity contribution in [2.45, 2.75) is 38.9 Å². The Kier molecular flexibility index (Phi) is 4.62. The number of carbonyl (C=O) groups excluding carboxylic acids is 1. The summed E-state index contributed by atoms with van der Waals surface area (Å²) in [4.78, 5) is 20.6. The average Bonchev–Trinajstić information content (AvgIpc) is 3.17. The van der Waals surface area contributed by atoms with Gasteiger partial charge in [0, 0.05) is 25.7 Å². The van der Waals surface area contributed by atoms with Crippen molar-refractivity contribution in [3.05, 3.63) is 33.8 Å². The van der Waals surface area contributed by atoms with E-state index in [9.17, 15) is 18.0 Å². The minimum atomic E-state index is -4.42. The van der Waals surface area contributed by atoms with E-state index in [0.29, 0.717) is 43.1 Å². The minimum absolute atomic E-state index is 0.0923. The second-order valence-electron chi connectivity index (χ2n) is 5.79. The molecule has 0 radical (unpaired) electrons. The Morgan fingerprint density at radius 1 is 1.50 bits per heavy atom. The first-order chi connectivity index (χ1) is 11.4. The van der Waals surface area contributed by atoms with Gasteiger partial charge in [-0.3, -0.25) is 4.79 Å². The molecule has 5 nitrogen and oxygen atoms in total. The first kappa shape index (κ1) is 16.9. The van der Waals surface area contributed by atoms with E-state index in [2.05, 4.69) is 15.3 Å². The lowest BCUT2D eigenvalue weighted by Gasteiger charge is -2.23. The van der Waals surface area contributed by atoms with Gasteiger partial charge in [0.1, 0.15) is 10.7 Å². The highest BCUT2D eigenvalue weighted by atomic mass is 32.1. The molecule has 3 rings (SSSR count). The second kappa shape index (κ2) is 6.54. The van der Waals surface area contributed by atoms with Crippen molar-refractivity contribution < 1.29 is 18.0 Å². The van der Waals surface area contributed by atoms with Gasteiger partial charge in [0.15, 0.2) is 5.69 Å². The number of alkyl halides is 3. The van der Waals surface area contributed by atoms with E-state index < -0.39 is 11.9 Å². The number of aromatic nitrogens is 3. The Bertz CT molecular complexity index is 737. The van der Waals surface area contributed by atoms with Crippen molar-refractivity contribution in [1.29, 1.82) is 0 Å². The number of carbonyl (C=O) groups is 1. The van der Waals surface area contributed by atoms with E-state index in [1.54, 1.807) is 10.1 Å². The Labute approximate surface area is 140 Å². The van der Waals surface area contributed by atoms with Gasteiger partial charge in [-0.2, -0.15) is 13.2 Å². The van der Waals surface area contributed by atoms with Crippen LogP contribution in [0, 0.1) is 5.92 Å². The molecule has 1 aliphatic heterocycles. The summed E-state index contributed by atoms with van der Waals surface area (Å²) >= 11 is 1.30. The van der Waals surface area contributed by atoms with Crippen LogP contribution in [0.2, 0.25) is 0 Å². The number of aryl methyl sites for hydroxylation is 2. The Balaban J connectivity index is 1.60. The molecule has 1 amide bonds. The fourth-order valence-electron chi connectivity index (χ4n) is 2.84. The normalized spacial score (nSPS) is 17.6. The predicted molar refractivity (Wildman–Crippen MR) is 82.9 cm³/mol. The van der Waals surface area contributed by atoms with Crippen molar-refractivity contribution in [2.24, 2.45) is 5.92 Å². The fourth-order valence-corrected chi connectivity index (χ4v) is 3.64. The lowest BCUT2D eigenvalue weighted by Crippen LogP contribution is -2.33. The summed E-state index contributed by atoms with van der Waals surface area (Å²) < 4.78 is 39.7. The number of imidazole rings is 1. The van der Waals surface area contributed by atoms with Crippen molar-refractivity contribution in [1.82, 2.24) is 19.9 Å². The maximum atomic E-state index is 12.7. The predicted octanol–water partition coefficient (Wildman–Crippen LogP) is 2.91. The fraction of sp³-hybridized carbons (Fsp3) is 0.533. The van der Waals surface area contributed by atoms with Crippen LogP contribution in [0.3, 0.4) is 0 Å². The van der Waals surface area contributed by atoms with Crippen LogP contribution in [0.25, 0.3) is 0 Å². The molecule has 2 aromatic heterocycles. The molecule has 1 atom stereocenters. The second-order valence-corrected chi connectivity index (χ2v) is 6.64. The van der Waals surface area contributed by atoms with Crippen LogP contribution >= 0.6 is 11.3 Å². The summed E-state index contributed by atoms with van der Waals surface area (Å²) in [5.74, 6) is 0.386. The first-order valence-corrected chi connectivity index (χ1v) is 8.60. The van der Waals surface area contributed by atoms with Gasteiger partial charge in [-0.1, -0.05) is 6.92 Å². The van der Waals surface area contributed by atoms with E-state index in [-0.39, 0.29) is 11.8 Å². The molecule has 2 aromatic rings. The molecule has 0 aliphatic carbocycles. The van der Waals surface area contributed by atoms with Gasteiger partial charge >= 0.3 is 6.18 Å². The molecule has 0 unspecified atom stereocenters. The van der Waals surface area contributed by atoms with Gasteiger partial charge in [-0.15, -0.1) is 11.3 Å². The van der Waals surface area contributed by atoms with E-state index in [0.717, 1.165) is 11.9 Å². The Hall–Kier alpha value is -1.90. The van der Waals surface area contributed by atoms with Crippen LogP contribution in [0.5, 0.6) is 0 Å². The molecule has 0 aromatic carbocycles. The number of thiazole rings is 1. The zero-order chi connectivity index (χ0) is 17.3. The molecule has 0 spiro atoms. The van der Waals surface area contributed by atoms with Crippen molar-refractivity contribution in [3.8, 4) is 0 Å². The van der Waals surface area contributed by atoms with Crippen LogP contribution < -0.4 is 5.32 Å². The molecule has 0 saturated heterocycles. The monoisotopic (exact) mass is 358 g/mol. The first-order valence-electron chi connectivity index (χ1n) is 7.72. The van der Waals surface area contributed by atoms with Gasteiger partial charge in [0.25, 0.3) is 5.91 Å². The zero-order valence-electron chi connectivity index (χ0n) is 13.1. The smallest absolute Gasteiger partial charge is 0.351 e. The summed E-state index contributed by atoms with van der Waals surface area (Å²) in [6, 6.07) is 0. The van der Waals surface area contributed by atoms with Crippen molar-refractivity contribution in [2.75, 3.05) is 6.54 Å². The molecule has 0 fully saturated rings.